The molecule has 2 aromatic rings. The highest BCUT2D eigenvalue weighted by Gasteiger charge is 2.09. The summed E-state index contributed by atoms with van der Waals surface area (Å²) in [6.07, 6.45) is 4.96. The molecule has 0 spiro atoms. The van der Waals surface area contributed by atoms with E-state index in [0.717, 1.165) is 17.0 Å². The molecule has 0 bridgehead atoms. The number of carbonyl (C=O) groups excluding carboxylic acids is 1. The van der Waals surface area contributed by atoms with Gasteiger partial charge in [-0.15, -0.1) is 0 Å². The van der Waals surface area contributed by atoms with Crippen LogP contribution in [-0.4, -0.2) is 22.2 Å². The predicted molar refractivity (Wildman–Crippen MR) is 78.9 cm³/mol. The zero-order valence-electron chi connectivity index (χ0n) is 12.0. The fraction of sp³-hybridized carbons (Fsp3) is 0.250. The van der Waals surface area contributed by atoms with Gasteiger partial charge in [0.1, 0.15) is 5.75 Å². The summed E-state index contributed by atoms with van der Waals surface area (Å²) in [4.78, 5) is 12.1. The summed E-state index contributed by atoms with van der Waals surface area (Å²) in [5.41, 5.74) is 2.46. The summed E-state index contributed by atoms with van der Waals surface area (Å²) in [6, 6.07) is 7.63. The molecule has 0 aliphatic heterocycles. The molecule has 2 rings (SSSR count). The summed E-state index contributed by atoms with van der Waals surface area (Å²) in [5, 5.41) is 4.07. The van der Waals surface area contributed by atoms with Gasteiger partial charge in [0, 0.05) is 12.7 Å². The van der Waals surface area contributed by atoms with Crippen molar-refractivity contribution in [2.24, 2.45) is 7.05 Å². The molecular formula is C16H18N2O2. The Hall–Kier alpha value is -2.36. The number of hydrogen-bond donors (Lipinski definition) is 0. The lowest BCUT2D eigenvalue weighted by molar-refractivity contribution is 0.104. The van der Waals surface area contributed by atoms with Gasteiger partial charge in [0.25, 0.3) is 0 Å². The molecule has 4 nitrogen and oxygen atoms in total. The largest absolute Gasteiger partial charge is 0.494 e. The molecule has 1 aromatic carbocycles. The quantitative estimate of drug-likeness (QED) is 0.619. The van der Waals surface area contributed by atoms with E-state index in [1.54, 1.807) is 23.0 Å². The number of benzene rings is 1. The Kier molecular flexibility index (Phi) is 4.35. The number of carbonyl (C=O) groups is 1. The number of ether oxygens (including phenoxy) is 1. The molecule has 20 heavy (non-hydrogen) atoms. The van der Waals surface area contributed by atoms with Crippen LogP contribution < -0.4 is 4.74 Å². The van der Waals surface area contributed by atoms with Crippen LogP contribution in [0.2, 0.25) is 0 Å². The zero-order chi connectivity index (χ0) is 14.5. The number of nitrogens with zero attached hydrogens (tertiary/aromatic N) is 2. The van der Waals surface area contributed by atoms with Crippen molar-refractivity contribution in [1.82, 2.24) is 9.78 Å². The van der Waals surface area contributed by atoms with Gasteiger partial charge in [0.15, 0.2) is 5.78 Å². The van der Waals surface area contributed by atoms with Crippen molar-refractivity contribution >= 4 is 11.9 Å². The molecule has 1 aromatic heterocycles. The van der Waals surface area contributed by atoms with Crippen molar-refractivity contribution in [1.29, 1.82) is 0 Å². The molecule has 0 aliphatic rings. The third-order valence-electron chi connectivity index (χ3n) is 3.12. The first kappa shape index (κ1) is 14.1. The predicted octanol–water partition coefficient (Wildman–Crippen LogP) is 3.02. The van der Waals surface area contributed by atoms with Crippen LogP contribution in [0.4, 0.5) is 0 Å². The highest BCUT2D eigenvalue weighted by atomic mass is 16.5. The molecule has 0 atom stereocenters. The van der Waals surface area contributed by atoms with Gasteiger partial charge in [-0.2, -0.15) is 5.10 Å². The molecule has 0 saturated heterocycles. The van der Waals surface area contributed by atoms with Gasteiger partial charge in [0.05, 0.1) is 18.4 Å². The molecular weight excluding hydrogens is 252 g/mol. The van der Waals surface area contributed by atoms with E-state index in [9.17, 15) is 4.79 Å². The zero-order valence-corrected chi connectivity index (χ0v) is 12.0. The summed E-state index contributed by atoms with van der Waals surface area (Å²) >= 11 is 0. The number of rotatable bonds is 5. The molecule has 0 fully saturated rings. The SMILES string of the molecule is CCOc1ccc(/C=C/C(=O)c2cnn(C)c2C)cc1. The first-order valence-electron chi connectivity index (χ1n) is 6.55. The minimum atomic E-state index is -0.0375. The van der Waals surface area contributed by atoms with Crippen molar-refractivity contribution in [2.45, 2.75) is 13.8 Å². The Morgan fingerprint density at radius 1 is 1.35 bits per heavy atom. The first-order valence-corrected chi connectivity index (χ1v) is 6.55. The Morgan fingerprint density at radius 2 is 2.05 bits per heavy atom. The van der Waals surface area contributed by atoms with Crippen molar-refractivity contribution < 1.29 is 9.53 Å². The smallest absolute Gasteiger partial charge is 0.189 e. The normalized spacial score (nSPS) is 10.9. The molecule has 0 saturated carbocycles. The molecule has 0 amide bonds. The summed E-state index contributed by atoms with van der Waals surface area (Å²) in [5.74, 6) is 0.795. The van der Waals surface area contributed by atoms with Crippen LogP contribution in [0.5, 0.6) is 5.75 Å². The topological polar surface area (TPSA) is 44.1 Å². The number of ketones is 1. The Balaban J connectivity index is 2.09. The van der Waals surface area contributed by atoms with E-state index >= 15 is 0 Å². The Morgan fingerprint density at radius 3 is 2.60 bits per heavy atom. The van der Waals surface area contributed by atoms with Crippen LogP contribution >= 0.6 is 0 Å². The second-order valence-electron chi connectivity index (χ2n) is 4.47. The van der Waals surface area contributed by atoms with Gasteiger partial charge in [-0.3, -0.25) is 9.48 Å². The molecule has 0 N–H and O–H groups in total. The van der Waals surface area contributed by atoms with Crippen molar-refractivity contribution in [3.63, 3.8) is 0 Å². The van der Waals surface area contributed by atoms with Crippen molar-refractivity contribution in [3.8, 4) is 5.75 Å². The lowest BCUT2D eigenvalue weighted by Gasteiger charge is -2.02. The average Bonchev–Trinajstić information content (AvgIpc) is 2.78. The van der Waals surface area contributed by atoms with E-state index in [1.165, 1.54) is 0 Å². The van der Waals surface area contributed by atoms with Gasteiger partial charge >= 0.3 is 0 Å². The Bertz CT molecular complexity index is 624. The second kappa shape index (κ2) is 6.19. The third kappa shape index (κ3) is 3.15. The molecule has 4 heteroatoms. The molecule has 0 unspecified atom stereocenters. The monoisotopic (exact) mass is 270 g/mol. The van der Waals surface area contributed by atoms with Gasteiger partial charge in [-0.1, -0.05) is 18.2 Å². The van der Waals surface area contributed by atoms with E-state index in [0.29, 0.717) is 12.2 Å². The standard InChI is InChI=1S/C16H18N2O2/c1-4-20-14-8-5-13(6-9-14)7-10-16(19)15-11-17-18(3)12(15)2/h5-11H,4H2,1-3H3/b10-7+. The maximum Gasteiger partial charge on any atom is 0.189 e. The molecule has 104 valence electrons. The van der Waals surface area contributed by atoms with E-state index in [2.05, 4.69) is 5.10 Å². The van der Waals surface area contributed by atoms with Gasteiger partial charge in [-0.25, -0.2) is 0 Å². The second-order valence-corrected chi connectivity index (χ2v) is 4.47. The van der Waals surface area contributed by atoms with Gasteiger partial charge in [0.2, 0.25) is 0 Å². The van der Waals surface area contributed by atoms with Crippen molar-refractivity contribution in [3.05, 3.63) is 53.4 Å². The Labute approximate surface area is 118 Å². The molecule has 0 aliphatic carbocycles. The van der Waals surface area contributed by atoms with E-state index in [4.69, 9.17) is 4.74 Å². The van der Waals surface area contributed by atoms with Crippen LogP contribution in [0.15, 0.2) is 36.5 Å². The fourth-order valence-electron chi connectivity index (χ4n) is 1.84. The van der Waals surface area contributed by atoms with E-state index in [-0.39, 0.29) is 5.78 Å². The minimum Gasteiger partial charge on any atom is -0.494 e. The van der Waals surface area contributed by atoms with E-state index < -0.39 is 0 Å². The fourth-order valence-corrected chi connectivity index (χ4v) is 1.84. The lowest BCUT2D eigenvalue weighted by Crippen LogP contribution is -1.98. The highest BCUT2D eigenvalue weighted by molar-refractivity contribution is 6.07. The van der Waals surface area contributed by atoms with Crippen LogP contribution in [0, 0.1) is 6.92 Å². The van der Waals surface area contributed by atoms with Crippen LogP contribution in [-0.2, 0) is 7.05 Å². The van der Waals surface area contributed by atoms with Gasteiger partial charge in [-0.05, 0) is 37.6 Å². The maximum absolute atomic E-state index is 12.1. The van der Waals surface area contributed by atoms with E-state index in [1.807, 2.05) is 45.2 Å². The lowest BCUT2D eigenvalue weighted by atomic mass is 10.1. The average molecular weight is 270 g/mol. The molecule has 0 radical (unpaired) electrons. The number of allylic oxidation sites excluding steroid dienone is 1. The maximum atomic E-state index is 12.1. The van der Waals surface area contributed by atoms with Crippen LogP contribution in [0.1, 0.15) is 28.5 Å². The number of aryl methyl sites for hydroxylation is 1. The summed E-state index contributed by atoms with van der Waals surface area (Å²) in [6.45, 7) is 4.47. The number of aromatic nitrogens is 2. The molecule has 1 heterocycles. The van der Waals surface area contributed by atoms with Crippen LogP contribution in [0.25, 0.3) is 6.08 Å². The van der Waals surface area contributed by atoms with Gasteiger partial charge < -0.3 is 4.74 Å². The third-order valence-corrected chi connectivity index (χ3v) is 3.12. The number of hydrogen-bond acceptors (Lipinski definition) is 3. The van der Waals surface area contributed by atoms with Crippen molar-refractivity contribution in [2.75, 3.05) is 6.61 Å². The highest BCUT2D eigenvalue weighted by Crippen LogP contribution is 2.14. The minimum absolute atomic E-state index is 0.0375. The first-order chi connectivity index (χ1) is 9.61. The summed E-state index contributed by atoms with van der Waals surface area (Å²) in [7, 11) is 1.82. The summed E-state index contributed by atoms with van der Waals surface area (Å²) < 4.78 is 7.06. The van der Waals surface area contributed by atoms with Crippen LogP contribution in [0.3, 0.4) is 0 Å².